The number of fused-ring (bicyclic) bond motifs is 4. The van der Waals surface area contributed by atoms with E-state index in [9.17, 15) is 23.2 Å². The van der Waals surface area contributed by atoms with Crippen molar-refractivity contribution in [3.63, 3.8) is 0 Å². The number of benzene rings is 4. The highest BCUT2D eigenvalue weighted by Crippen LogP contribution is 2.34. The molecule has 4 saturated heterocycles. The highest BCUT2D eigenvalue weighted by atomic mass is 35.5. The Labute approximate surface area is 366 Å². The number of amides is 3. The predicted octanol–water partition coefficient (Wildman–Crippen LogP) is 8.89. The van der Waals surface area contributed by atoms with Crippen LogP contribution in [0.3, 0.4) is 0 Å². The van der Waals surface area contributed by atoms with Crippen molar-refractivity contribution in [2.45, 2.75) is 83.7 Å². The van der Waals surface area contributed by atoms with E-state index in [1.807, 2.05) is 60.0 Å². The molecule has 13 heteroatoms. The van der Waals surface area contributed by atoms with E-state index >= 15 is 0 Å². The molecule has 3 N–H and O–H groups in total. The number of anilines is 2. The summed E-state index contributed by atoms with van der Waals surface area (Å²) in [4.78, 5) is 46.3. The molecule has 61 heavy (non-hydrogen) atoms. The van der Waals surface area contributed by atoms with Gasteiger partial charge in [-0.15, -0.1) is 0 Å². The van der Waals surface area contributed by atoms with Gasteiger partial charge in [0.1, 0.15) is 11.6 Å². The van der Waals surface area contributed by atoms with Gasteiger partial charge in [0.15, 0.2) is 0 Å². The van der Waals surface area contributed by atoms with E-state index < -0.39 is 0 Å². The predicted molar refractivity (Wildman–Crippen MR) is 240 cm³/mol. The summed E-state index contributed by atoms with van der Waals surface area (Å²) in [5, 5.41) is 3.97. The van der Waals surface area contributed by atoms with Crippen molar-refractivity contribution >= 4 is 64.5 Å². The molecule has 0 saturated carbocycles. The standard InChI is InChI=1S/C25H27ClFN3O2.C23H25ClFN3O/c1-16-11-19(24(12-23(16)26)28-17(2)31)5-10-25(32)30-21-8-9-22(30)15-29(14-21)13-18-3-6-20(27)7-4-18;1-15-10-17(22(26)11-21(15)24)4-9-23(29)28-19-7-8-20(28)14-27(13-19)12-16-2-5-18(25)6-3-16/h3-7,10-12,21-22H,8-9,13-15H2,1-2H3,(H,28,31);2-6,9-11,19-20H,7-8,12-14,26H2,1H3/b10-5+;9-4+. The Balaban J connectivity index is 0.000000185. The zero-order valence-corrected chi connectivity index (χ0v) is 36.2. The second-order valence-electron chi connectivity index (χ2n) is 16.7. The van der Waals surface area contributed by atoms with E-state index in [-0.39, 0.29) is 53.5 Å². The van der Waals surface area contributed by atoms with Crippen LogP contribution in [0.4, 0.5) is 20.2 Å². The molecule has 8 rings (SSSR count). The number of nitrogens with one attached hydrogen (secondary N) is 1. The van der Waals surface area contributed by atoms with Crippen LogP contribution in [0.1, 0.15) is 66.0 Å². The van der Waals surface area contributed by atoms with E-state index in [1.165, 1.54) is 31.2 Å². The van der Waals surface area contributed by atoms with Gasteiger partial charge >= 0.3 is 0 Å². The topological polar surface area (TPSA) is 102 Å². The molecule has 4 aliphatic rings. The Morgan fingerprint density at radius 3 is 1.48 bits per heavy atom. The second-order valence-corrected chi connectivity index (χ2v) is 17.5. The van der Waals surface area contributed by atoms with E-state index in [4.69, 9.17) is 28.9 Å². The third kappa shape index (κ3) is 10.9. The fourth-order valence-corrected chi connectivity index (χ4v) is 9.49. The number of carbonyl (C=O) groups is 3. The minimum atomic E-state index is -0.228. The number of aryl methyl sites for hydroxylation is 2. The third-order valence-electron chi connectivity index (χ3n) is 12.1. The van der Waals surface area contributed by atoms with Gasteiger partial charge in [0, 0.05) is 104 Å². The summed E-state index contributed by atoms with van der Waals surface area (Å²) in [7, 11) is 0. The number of carbonyl (C=O) groups excluding carboxylic acids is 3. The van der Waals surface area contributed by atoms with Gasteiger partial charge < -0.3 is 20.9 Å². The average molecular weight is 870 g/mol. The van der Waals surface area contributed by atoms with Crippen LogP contribution in [-0.4, -0.2) is 87.7 Å². The van der Waals surface area contributed by atoms with Gasteiger partial charge in [-0.3, -0.25) is 24.2 Å². The van der Waals surface area contributed by atoms with Crippen LogP contribution in [-0.2, 0) is 27.5 Å². The number of piperazine rings is 2. The summed E-state index contributed by atoms with van der Waals surface area (Å²) >= 11 is 12.3. The summed E-state index contributed by atoms with van der Waals surface area (Å²) in [6.45, 7) is 10.1. The molecule has 4 aromatic rings. The van der Waals surface area contributed by atoms with Crippen LogP contribution < -0.4 is 11.1 Å². The number of hydrogen-bond donors (Lipinski definition) is 2. The van der Waals surface area contributed by atoms with Crippen molar-refractivity contribution in [1.29, 1.82) is 0 Å². The Kier molecular flexibility index (Phi) is 13.9. The number of hydrogen-bond acceptors (Lipinski definition) is 6. The van der Waals surface area contributed by atoms with E-state index in [0.717, 1.165) is 98.3 Å². The molecule has 9 nitrogen and oxygen atoms in total. The molecule has 4 atom stereocenters. The van der Waals surface area contributed by atoms with Gasteiger partial charge in [-0.25, -0.2) is 8.78 Å². The van der Waals surface area contributed by atoms with Crippen LogP contribution in [0.5, 0.6) is 0 Å². The average Bonchev–Trinajstić information content (AvgIpc) is 3.65. The molecule has 4 fully saturated rings. The normalized spacial score (nSPS) is 21.2. The molecule has 0 radical (unpaired) electrons. The monoisotopic (exact) mass is 868 g/mol. The number of nitrogens with zero attached hydrogens (tertiary/aromatic N) is 4. The quantitative estimate of drug-likeness (QED) is 0.129. The lowest BCUT2D eigenvalue weighted by atomic mass is 10.1. The molecular formula is C48H52Cl2F2N6O3. The zero-order chi connectivity index (χ0) is 43.4. The first kappa shape index (κ1) is 44.0. The van der Waals surface area contributed by atoms with Gasteiger partial charge in [0.25, 0.3) is 0 Å². The van der Waals surface area contributed by atoms with Crippen LogP contribution in [0.25, 0.3) is 12.2 Å². The fourth-order valence-electron chi connectivity index (χ4n) is 9.15. The molecule has 0 aliphatic carbocycles. The van der Waals surface area contributed by atoms with Crippen LogP contribution >= 0.6 is 23.2 Å². The van der Waals surface area contributed by atoms with Gasteiger partial charge in [-0.1, -0.05) is 47.5 Å². The lowest BCUT2D eigenvalue weighted by Gasteiger charge is -2.40. The number of halogens is 4. The van der Waals surface area contributed by atoms with Gasteiger partial charge in [-0.05, 0) is 134 Å². The molecule has 4 aromatic carbocycles. The van der Waals surface area contributed by atoms with E-state index in [2.05, 4.69) is 15.1 Å². The van der Waals surface area contributed by atoms with Gasteiger partial charge in [0.05, 0.1) is 0 Å². The Morgan fingerprint density at radius 1 is 0.656 bits per heavy atom. The first-order chi connectivity index (χ1) is 29.2. The van der Waals surface area contributed by atoms with Crippen LogP contribution in [0.2, 0.25) is 10.0 Å². The molecule has 320 valence electrons. The number of nitrogen functional groups attached to an aromatic ring is 1. The lowest BCUT2D eigenvalue weighted by molar-refractivity contribution is -0.132. The zero-order valence-electron chi connectivity index (χ0n) is 34.7. The SMILES string of the molecule is CC(=O)Nc1cc(Cl)c(C)cc1/C=C/C(=O)N1C2CCC1CN(Cc1ccc(F)cc1)C2.Cc1cc(/C=C/C(=O)N2C3CCC2CN(Cc2ccc(F)cc2)C3)c(N)cc1Cl. The van der Waals surface area contributed by atoms with Crippen molar-refractivity contribution in [2.24, 2.45) is 0 Å². The smallest absolute Gasteiger partial charge is 0.247 e. The maximum atomic E-state index is 13.2. The van der Waals surface area contributed by atoms with Crippen LogP contribution in [0, 0.1) is 25.5 Å². The summed E-state index contributed by atoms with van der Waals surface area (Å²) < 4.78 is 26.3. The fraction of sp³-hybridized carbons (Fsp3) is 0.354. The molecular weight excluding hydrogens is 817 g/mol. The summed E-state index contributed by atoms with van der Waals surface area (Å²) in [5.41, 5.74) is 12.7. The van der Waals surface area contributed by atoms with Crippen molar-refractivity contribution in [3.05, 3.63) is 140 Å². The largest absolute Gasteiger partial charge is 0.398 e. The van der Waals surface area contributed by atoms with Crippen molar-refractivity contribution in [1.82, 2.24) is 19.6 Å². The van der Waals surface area contributed by atoms with Gasteiger partial charge in [-0.2, -0.15) is 0 Å². The molecule has 4 unspecified atom stereocenters. The van der Waals surface area contributed by atoms with Crippen molar-refractivity contribution in [3.8, 4) is 0 Å². The van der Waals surface area contributed by atoms with E-state index in [0.29, 0.717) is 21.4 Å². The molecule has 4 aliphatic heterocycles. The summed E-state index contributed by atoms with van der Waals surface area (Å²) in [6.07, 6.45) is 10.8. The first-order valence-corrected chi connectivity index (χ1v) is 21.5. The molecule has 4 heterocycles. The second kappa shape index (κ2) is 19.3. The maximum absolute atomic E-state index is 13.2. The summed E-state index contributed by atoms with van der Waals surface area (Å²) in [5.74, 6) is -0.617. The number of rotatable bonds is 9. The Hall–Kier alpha value is -5.07. The van der Waals surface area contributed by atoms with E-state index in [1.54, 1.807) is 36.4 Å². The molecule has 3 amide bonds. The highest BCUT2D eigenvalue weighted by molar-refractivity contribution is 6.32. The van der Waals surface area contributed by atoms with Crippen molar-refractivity contribution < 1.29 is 23.2 Å². The summed E-state index contributed by atoms with van der Waals surface area (Å²) in [6, 6.07) is 21.3. The number of likely N-dealkylation sites (tertiary alicyclic amines) is 2. The molecule has 0 aromatic heterocycles. The van der Waals surface area contributed by atoms with Gasteiger partial charge in [0.2, 0.25) is 17.7 Å². The molecule has 4 bridgehead atoms. The minimum Gasteiger partial charge on any atom is -0.398 e. The Morgan fingerprint density at radius 2 is 1.05 bits per heavy atom. The lowest BCUT2D eigenvalue weighted by Crippen LogP contribution is -2.55. The Bertz CT molecular complexity index is 2290. The van der Waals surface area contributed by atoms with Crippen LogP contribution in [0.15, 0.2) is 84.9 Å². The minimum absolute atomic E-state index is 0.0136. The maximum Gasteiger partial charge on any atom is 0.247 e. The van der Waals surface area contributed by atoms with Crippen molar-refractivity contribution in [2.75, 3.05) is 37.2 Å². The molecule has 0 spiro atoms. The first-order valence-electron chi connectivity index (χ1n) is 20.8. The highest BCUT2D eigenvalue weighted by Gasteiger charge is 2.43. The third-order valence-corrected chi connectivity index (χ3v) is 12.9. The number of nitrogens with two attached hydrogens (primary N) is 1.